The molecule has 82 valence electrons. The van der Waals surface area contributed by atoms with Gasteiger partial charge in [-0.25, -0.2) is 0 Å². The summed E-state index contributed by atoms with van der Waals surface area (Å²) >= 11 is 5.65. The Morgan fingerprint density at radius 2 is 2.00 bits per heavy atom. The second-order valence-electron chi connectivity index (χ2n) is 3.16. The fraction of sp³-hybridized carbons (Fsp3) is 0.300. The Bertz CT molecular complexity index is 345. The SMILES string of the molecule is CC(Cl)CNC(=O)c1c(O)cccc1O. The zero-order valence-electron chi connectivity index (χ0n) is 8.20. The molecule has 0 aliphatic rings. The Kier molecular flexibility index (Phi) is 3.80. The lowest BCUT2D eigenvalue weighted by molar-refractivity contribution is 0.0948. The molecule has 1 atom stereocenters. The lowest BCUT2D eigenvalue weighted by Gasteiger charge is -2.08. The Morgan fingerprint density at radius 1 is 1.47 bits per heavy atom. The highest BCUT2D eigenvalue weighted by molar-refractivity contribution is 6.20. The molecule has 3 N–H and O–H groups in total. The van der Waals surface area contributed by atoms with Crippen molar-refractivity contribution in [1.29, 1.82) is 0 Å². The highest BCUT2D eigenvalue weighted by Gasteiger charge is 2.15. The molecule has 0 fully saturated rings. The summed E-state index contributed by atoms with van der Waals surface area (Å²) in [6.45, 7) is 2.00. The van der Waals surface area contributed by atoms with Gasteiger partial charge in [-0.15, -0.1) is 11.6 Å². The topological polar surface area (TPSA) is 69.6 Å². The third kappa shape index (κ3) is 3.02. The fourth-order valence-corrected chi connectivity index (χ4v) is 1.16. The van der Waals surface area contributed by atoms with Gasteiger partial charge in [-0.1, -0.05) is 6.07 Å². The molecule has 1 amide bonds. The molecule has 1 aromatic rings. The highest BCUT2D eigenvalue weighted by atomic mass is 35.5. The minimum atomic E-state index is -0.543. The van der Waals surface area contributed by atoms with E-state index >= 15 is 0 Å². The Balaban J connectivity index is 2.82. The lowest BCUT2D eigenvalue weighted by Crippen LogP contribution is -2.28. The first kappa shape index (κ1) is 11.7. The largest absolute Gasteiger partial charge is 0.507 e. The molecular formula is C10H12ClNO3. The van der Waals surface area contributed by atoms with Crippen molar-refractivity contribution in [3.05, 3.63) is 23.8 Å². The molecule has 0 heterocycles. The summed E-state index contributed by atoms with van der Waals surface area (Å²) in [5.74, 6) is -1.05. The number of carbonyl (C=O) groups excluding carboxylic acids is 1. The van der Waals surface area contributed by atoms with Gasteiger partial charge in [-0.2, -0.15) is 0 Å². The van der Waals surface area contributed by atoms with Crippen LogP contribution in [0.4, 0.5) is 0 Å². The second kappa shape index (κ2) is 4.89. The monoisotopic (exact) mass is 229 g/mol. The van der Waals surface area contributed by atoms with Gasteiger partial charge in [-0.3, -0.25) is 4.79 Å². The zero-order valence-corrected chi connectivity index (χ0v) is 8.95. The van der Waals surface area contributed by atoms with Crippen molar-refractivity contribution < 1.29 is 15.0 Å². The van der Waals surface area contributed by atoms with Crippen molar-refractivity contribution in [2.75, 3.05) is 6.54 Å². The smallest absolute Gasteiger partial charge is 0.258 e. The minimum absolute atomic E-state index is 0.130. The third-order valence-corrected chi connectivity index (χ3v) is 1.95. The summed E-state index contributed by atoms with van der Waals surface area (Å²) in [5.41, 5.74) is -0.130. The Morgan fingerprint density at radius 3 is 2.47 bits per heavy atom. The van der Waals surface area contributed by atoms with Crippen molar-refractivity contribution in [1.82, 2.24) is 5.32 Å². The summed E-state index contributed by atoms with van der Waals surface area (Å²) in [6, 6.07) is 4.11. The number of nitrogens with one attached hydrogen (secondary N) is 1. The molecule has 1 unspecified atom stereocenters. The molecule has 0 saturated heterocycles. The van der Waals surface area contributed by atoms with Crippen molar-refractivity contribution in [3.8, 4) is 11.5 Å². The van der Waals surface area contributed by atoms with Crippen molar-refractivity contribution in [2.45, 2.75) is 12.3 Å². The lowest BCUT2D eigenvalue weighted by atomic mass is 10.1. The highest BCUT2D eigenvalue weighted by Crippen LogP contribution is 2.25. The van der Waals surface area contributed by atoms with E-state index < -0.39 is 5.91 Å². The van der Waals surface area contributed by atoms with Gasteiger partial charge in [0.1, 0.15) is 17.1 Å². The molecule has 0 spiro atoms. The third-order valence-electron chi connectivity index (χ3n) is 1.79. The van der Waals surface area contributed by atoms with Crippen LogP contribution >= 0.6 is 11.6 Å². The number of benzene rings is 1. The number of phenols is 2. The number of carbonyl (C=O) groups is 1. The first-order valence-corrected chi connectivity index (χ1v) is 4.89. The summed E-state index contributed by atoms with van der Waals surface area (Å²) in [5, 5.41) is 21.0. The van der Waals surface area contributed by atoms with E-state index in [1.54, 1.807) is 6.92 Å². The molecule has 1 rings (SSSR count). The van der Waals surface area contributed by atoms with Crippen LogP contribution in [0.2, 0.25) is 0 Å². The maximum Gasteiger partial charge on any atom is 0.258 e. The van der Waals surface area contributed by atoms with Gasteiger partial charge in [-0.05, 0) is 19.1 Å². The van der Waals surface area contributed by atoms with E-state index in [0.29, 0.717) is 0 Å². The van der Waals surface area contributed by atoms with E-state index in [1.165, 1.54) is 18.2 Å². The van der Waals surface area contributed by atoms with Crippen LogP contribution in [0.3, 0.4) is 0 Å². The van der Waals surface area contributed by atoms with E-state index in [1.807, 2.05) is 0 Å². The van der Waals surface area contributed by atoms with Crippen LogP contribution in [0.25, 0.3) is 0 Å². The van der Waals surface area contributed by atoms with Crippen LogP contribution in [0.15, 0.2) is 18.2 Å². The molecule has 0 aromatic heterocycles. The van der Waals surface area contributed by atoms with Gasteiger partial charge in [0, 0.05) is 11.9 Å². The minimum Gasteiger partial charge on any atom is -0.507 e. The van der Waals surface area contributed by atoms with Crippen LogP contribution in [0, 0.1) is 0 Å². The maximum atomic E-state index is 11.5. The van der Waals surface area contributed by atoms with E-state index in [9.17, 15) is 15.0 Å². The molecule has 0 aliphatic carbocycles. The summed E-state index contributed by atoms with van der Waals surface area (Å²) in [7, 11) is 0. The van der Waals surface area contributed by atoms with Gasteiger partial charge < -0.3 is 15.5 Å². The number of alkyl halides is 1. The molecule has 0 saturated carbocycles. The van der Waals surface area contributed by atoms with E-state index in [0.717, 1.165) is 0 Å². The number of rotatable bonds is 3. The maximum absolute atomic E-state index is 11.5. The van der Waals surface area contributed by atoms with Crippen LogP contribution in [0.5, 0.6) is 11.5 Å². The van der Waals surface area contributed by atoms with Gasteiger partial charge in [0.05, 0.1) is 0 Å². The molecule has 0 bridgehead atoms. The Hall–Kier alpha value is -1.42. The molecule has 0 radical (unpaired) electrons. The van der Waals surface area contributed by atoms with Gasteiger partial charge in [0.2, 0.25) is 0 Å². The standard InChI is InChI=1S/C10H12ClNO3/c1-6(11)5-12-10(15)9-7(13)3-2-4-8(9)14/h2-4,6,13-14H,5H2,1H3,(H,12,15). The van der Waals surface area contributed by atoms with E-state index in [2.05, 4.69) is 5.32 Å². The van der Waals surface area contributed by atoms with Crippen molar-refractivity contribution in [3.63, 3.8) is 0 Å². The first-order valence-electron chi connectivity index (χ1n) is 4.45. The fourth-order valence-electron chi connectivity index (χ4n) is 1.08. The van der Waals surface area contributed by atoms with Gasteiger partial charge in [0.25, 0.3) is 5.91 Å². The van der Waals surface area contributed by atoms with E-state index in [4.69, 9.17) is 11.6 Å². The van der Waals surface area contributed by atoms with Crippen LogP contribution in [0.1, 0.15) is 17.3 Å². The van der Waals surface area contributed by atoms with Crippen molar-refractivity contribution >= 4 is 17.5 Å². The van der Waals surface area contributed by atoms with Crippen molar-refractivity contribution in [2.24, 2.45) is 0 Å². The zero-order chi connectivity index (χ0) is 11.4. The second-order valence-corrected chi connectivity index (χ2v) is 3.91. The molecule has 15 heavy (non-hydrogen) atoms. The molecule has 0 aliphatic heterocycles. The number of amides is 1. The number of phenolic OH excluding ortho intramolecular Hbond substituents is 2. The Labute approximate surface area is 92.5 Å². The van der Waals surface area contributed by atoms with Crippen LogP contribution in [-0.4, -0.2) is 28.0 Å². The predicted octanol–water partition coefficient (Wildman–Crippen LogP) is 1.45. The quantitative estimate of drug-likeness (QED) is 0.688. The number of halogens is 1. The predicted molar refractivity (Wildman–Crippen MR) is 57.4 cm³/mol. The number of hydrogen-bond donors (Lipinski definition) is 3. The first-order chi connectivity index (χ1) is 7.02. The summed E-state index contributed by atoms with van der Waals surface area (Å²) in [6.07, 6.45) is 0. The molecule has 5 heteroatoms. The number of hydrogen-bond acceptors (Lipinski definition) is 3. The molecule has 1 aromatic carbocycles. The van der Waals surface area contributed by atoms with Gasteiger partial charge in [0.15, 0.2) is 0 Å². The normalized spacial score (nSPS) is 12.1. The molecule has 4 nitrogen and oxygen atoms in total. The summed E-state index contributed by atoms with van der Waals surface area (Å²) < 4.78 is 0. The van der Waals surface area contributed by atoms with Crippen LogP contribution in [-0.2, 0) is 0 Å². The molecular weight excluding hydrogens is 218 g/mol. The number of aromatic hydroxyl groups is 2. The van der Waals surface area contributed by atoms with E-state index in [-0.39, 0.29) is 29.0 Å². The average molecular weight is 230 g/mol. The summed E-state index contributed by atoms with van der Waals surface area (Å²) in [4.78, 5) is 11.5. The van der Waals surface area contributed by atoms with Crippen LogP contribution < -0.4 is 5.32 Å². The average Bonchev–Trinajstić information content (AvgIpc) is 2.14. The van der Waals surface area contributed by atoms with Gasteiger partial charge >= 0.3 is 0 Å².